The van der Waals surface area contributed by atoms with Gasteiger partial charge in [-0.1, -0.05) is 22.0 Å². The molecule has 0 spiro atoms. The number of hydrazone groups is 1. The Hall–Kier alpha value is -3.39. The average Bonchev–Trinajstić information content (AvgIpc) is 3.26. The first-order valence-corrected chi connectivity index (χ1v) is 9.79. The van der Waals surface area contributed by atoms with Crippen LogP contribution in [0.3, 0.4) is 0 Å². The van der Waals surface area contributed by atoms with Crippen LogP contribution < -0.4 is 14.9 Å². The molecule has 1 amide bonds. The second kappa shape index (κ2) is 9.89. The molecule has 1 aromatic heterocycles. The van der Waals surface area contributed by atoms with E-state index in [4.69, 9.17) is 13.9 Å². The van der Waals surface area contributed by atoms with Gasteiger partial charge < -0.3 is 13.9 Å². The number of amides is 1. The van der Waals surface area contributed by atoms with Crippen molar-refractivity contribution < 1.29 is 23.5 Å². The van der Waals surface area contributed by atoms with Gasteiger partial charge in [-0.15, -0.1) is 0 Å². The molecular weight excluding hydrogens is 452 g/mol. The number of nitrogens with one attached hydrogen (secondary N) is 1. The van der Waals surface area contributed by atoms with Gasteiger partial charge in [-0.2, -0.15) is 5.10 Å². The molecule has 154 valence electrons. The molecule has 8 heteroatoms. The van der Waals surface area contributed by atoms with E-state index in [1.807, 2.05) is 26.0 Å². The fourth-order valence-corrected chi connectivity index (χ4v) is 2.80. The number of furan rings is 1. The quantitative estimate of drug-likeness (QED) is 0.239. The lowest BCUT2D eigenvalue weighted by atomic mass is 10.1. The van der Waals surface area contributed by atoms with Crippen molar-refractivity contribution in [3.05, 3.63) is 81.7 Å². The minimum atomic E-state index is -0.636. The van der Waals surface area contributed by atoms with E-state index in [0.29, 0.717) is 11.3 Å². The molecule has 2 aromatic carbocycles. The zero-order valence-electron chi connectivity index (χ0n) is 16.3. The van der Waals surface area contributed by atoms with Crippen LogP contribution >= 0.6 is 15.9 Å². The molecule has 0 aliphatic heterocycles. The summed E-state index contributed by atoms with van der Waals surface area (Å²) in [5.74, 6) is -0.102. The summed E-state index contributed by atoms with van der Waals surface area (Å²) in [4.78, 5) is 24.1. The normalized spacial score (nSPS) is 10.8. The lowest BCUT2D eigenvalue weighted by molar-refractivity contribution is -0.123. The van der Waals surface area contributed by atoms with E-state index < -0.39 is 11.9 Å². The van der Waals surface area contributed by atoms with Gasteiger partial charge in [0.2, 0.25) is 5.76 Å². The van der Waals surface area contributed by atoms with Crippen molar-refractivity contribution in [2.24, 2.45) is 5.10 Å². The number of carbonyl (C=O) groups excluding carboxylic acids is 2. The summed E-state index contributed by atoms with van der Waals surface area (Å²) in [6.07, 6.45) is 2.76. The number of rotatable bonds is 7. The Labute approximate surface area is 181 Å². The van der Waals surface area contributed by atoms with Crippen LogP contribution in [-0.2, 0) is 4.79 Å². The zero-order chi connectivity index (χ0) is 21.5. The first kappa shape index (κ1) is 21.3. The van der Waals surface area contributed by atoms with Gasteiger partial charge in [-0.05, 0) is 67.4 Å². The second-order valence-corrected chi connectivity index (χ2v) is 7.29. The van der Waals surface area contributed by atoms with Crippen LogP contribution in [0.15, 0.2) is 68.8 Å². The van der Waals surface area contributed by atoms with Gasteiger partial charge in [0.1, 0.15) is 11.5 Å². The highest BCUT2D eigenvalue weighted by molar-refractivity contribution is 9.10. The molecule has 30 heavy (non-hydrogen) atoms. The van der Waals surface area contributed by atoms with Crippen molar-refractivity contribution in [2.45, 2.75) is 13.8 Å². The Balaban J connectivity index is 1.59. The number of benzene rings is 2. The molecular formula is C22H19BrN2O5. The molecule has 0 aliphatic carbocycles. The number of carbonyl (C=O) groups is 2. The molecule has 0 unspecified atom stereocenters. The predicted octanol–water partition coefficient (Wildman–Crippen LogP) is 4.41. The Bertz CT molecular complexity index is 1080. The molecule has 7 nitrogen and oxygen atoms in total. The maximum atomic E-state index is 12.1. The molecule has 3 aromatic rings. The smallest absolute Gasteiger partial charge is 0.379 e. The van der Waals surface area contributed by atoms with Gasteiger partial charge in [-0.25, -0.2) is 10.2 Å². The first-order chi connectivity index (χ1) is 14.4. The SMILES string of the molecule is Cc1ccc(OCC(=O)N/N=C\c2cc(Br)ccc2OC(=O)c2ccco2)cc1C. The topological polar surface area (TPSA) is 90.1 Å². The maximum absolute atomic E-state index is 12.1. The first-order valence-electron chi connectivity index (χ1n) is 8.99. The second-order valence-electron chi connectivity index (χ2n) is 6.38. The van der Waals surface area contributed by atoms with E-state index in [2.05, 4.69) is 26.5 Å². The molecule has 0 bridgehead atoms. The fourth-order valence-electron chi connectivity index (χ4n) is 2.42. The van der Waals surface area contributed by atoms with Crippen molar-refractivity contribution in [3.63, 3.8) is 0 Å². The molecule has 0 aliphatic rings. The molecule has 0 radical (unpaired) electrons. The van der Waals surface area contributed by atoms with Crippen LogP contribution in [0.5, 0.6) is 11.5 Å². The van der Waals surface area contributed by atoms with Gasteiger partial charge >= 0.3 is 5.97 Å². The maximum Gasteiger partial charge on any atom is 0.379 e. The number of ether oxygens (including phenoxy) is 2. The number of halogens is 1. The lowest BCUT2D eigenvalue weighted by Crippen LogP contribution is -2.24. The standard InChI is InChI=1S/C22H19BrN2O5/c1-14-5-7-18(10-15(14)2)29-13-21(26)25-24-12-16-11-17(23)6-8-19(16)30-22(27)20-4-3-9-28-20/h3-12H,13H2,1-2H3,(H,25,26)/b24-12-. The number of aryl methyl sites for hydroxylation is 2. The van der Waals surface area contributed by atoms with E-state index in [1.165, 1.54) is 18.5 Å². The van der Waals surface area contributed by atoms with Crippen LogP contribution in [0.4, 0.5) is 0 Å². The molecule has 3 rings (SSSR count). The number of esters is 1. The summed E-state index contributed by atoms with van der Waals surface area (Å²) < 4.78 is 16.6. The Kier molecular flexibility index (Phi) is 7.03. The van der Waals surface area contributed by atoms with E-state index in [1.54, 1.807) is 30.3 Å². The summed E-state index contributed by atoms with van der Waals surface area (Å²) in [5.41, 5.74) is 5.10. The lowest BCUT2D eigenvalue weighted by Gasteiger charge is -2.08. The van der Waals surface area contributed by atoms with Crippen LogP contribution in [0.2, 0.25) is 0 Å². The van der Waals surface area contributed by atoms with E-state index in [9.17, 15) is 9.59 Å². The monoisotopic (exact) mass is 470 g/mol. The summed E-state index contributed by atoms with van der Waals surface area (Å²) >= 11 is 3.36. The Morgan fingerprint density at radius 1 is 1.13 bits per heavy atom. The van der Waals surface area contributed by atoms with Crippen molar-refractivity contribution in [3.8, 4) is 11.5 Å². The third kappa shape index (κ3) is 5.81. The van der Waals surface area contributed by atoms with Gasteiger partial charge in [0, 0.05) is 10.0 Å². The number of hydrogen-bond acceptors (Lipinski definition) is 6. The van der Waals surface area contributed by atoms with Crippen LogP contribution in [0.1, 0.15) is 27.2 Å². The Morgan fingerprint density at radius 3 is 2.70 bits per heavy atom. The number of nitrogens with zero attached hydrogens (tertiary/aromatic N) is 1. The van der Waals surface area contributed by atoms with Gasteiger partial charge in [0.15, 0.2) is 6.61 Å². The highest BCUT2D eigenvalue weighted by Crippen LogP contribution is 2.23. The van der Waals surface area contributed by atoms with Gasteiger partial charge in [0.05, 0.1) is 12.5 Å². The van der Waals surface area contributed by atoms with Crippen molar-refractivity contribution in [1.82, 2.24) is 5.43 Å². The minimum absolute atomic E-state index is 0.0811. The van der Waals surface area contributed by atoms with E-state index >= 15 is 0 Å². The zero-order valence-corrected chi connectivity index (χ0v) is 17.9. The minimum Gasteiger partial charge on any atom is -0.484 e. The van der Waals surface area contributed by atoms with Gasteiger partial charge in [-0.3, -0.25) is 4.79 Å². The third-order valence-electron chi connectivity index (χ3n) is 4.14. The molecule has 0 fully saturated rings. The average molecular weight is 471 g/mol. The highest BCUT2D eigenvalue weighted by atomic mass is 79.9. The third-order valence-corrected chi connectivity index (χ3v) is 4.63. The Morgan fingerprint density at radius 2 is 1.97 bits per heavy atom. The summed E-state index contributed by atoms with van der Waals surface area (Å²) in [7, 11) is 0. The highest BCUT2D eigenvalue weighted by Gasteiger charge is 2.14. The summed E-state index contributed by atoms with van der Waals surface area (Å²) in [6.45, 7) is 3.79. The van der Waals surface area contributed by atoms with Crippen LogP contribution in [-0.4, -0.2) is 24.7 Å². The number of hydrogen-bond donors (Lipinski definition) is 1. The van der Waals surface area contributed by atoms with Crippen molar-refractivity contribution >= 4 is 34.0 Å². The van der Waals surface area contributed by atoms with Gasteiger partial charge in [0.25, 0.3) is 5.91 Å². The van der Waals surface area contributed by atoms with E-state index in [-0.39, 0.29) is 18.1 Å². The largest absolute Gasteiger partial charge is 0.484 e. The van der Waals surface area contributed by atoms with Crippen molar-refractivity contribution in [1.29, 1.82) is 0 Å². The molecule has 0 saturated carbocycles. The van der Waals surface area contributed by atoms with Crippen LogP contribution in [0.25, 0.3) is 0 Å². The molecule has 0 saturated heterocycles. The summed E-state index contributed by atoms with van der Waals surface area (Å²) in [5, 5.41) is 3.92. The van der Waals surface area contributed by atoms with Crippen LogP contribution in [0, 0.1) is 13.8 Å². The fraction of sp³-hybridized carbons (Fsp3) is 0.136. The summed E-state index contributed by atoms with van der Waals surface area (Å²) in [6, 6.07) is 13.7. The molecule has 1 heterocycles. The predicted molar refractivity (Wildman–Crippen MR) is 115 cm³/mol. The van der Waals surface area contributed by atoms with Crippen molar-refractivity contribution in [2.75, 3.05) is 6.61 Å². The molecule has 0 atom stereocenters. The molecule has 1 N–H and O–H groups in total. The van der Waals surface area contributed by atoms with E-state index in [0.717, 1.165) is 15.6 Å².